The van der Waals surface area contributed by atoms with E-state index in [1.54, 1.807) is 7.11 Å². The fourth-order valence-electron chi connectivity index (χ4n) is 3.90. The molecule has 3 aromatic rings. The standard InChI is InChI=1S/C24H27ClN4O2S/c1-16(23(30)26-17-8-4-3-5-9-17)32-24-28-27-22(20-10-6-7-11-21(20)25)29(24)18-12-14-19(31-2)15-13-18/h6-7,10-17H,3-5,8-9H2,1-2H3,(H,26,30)/t16-/m0/s1. The lowest BCUT2D eigenvalue weighted by atomic mass is 9.95. The lowest BCUT2D eigenvalue weighted by molar-refractivity contribution is -0.121. The predicted octanol–water partition coefficient (Wildman–Crippen LogP) is 5.53. The molecule has 1 atom stereocenters. The number of benzene rings is 2. The quantitative estimate of drug-likeness (QED) is 0.460. The van der Waals surface area contributed by atoms with Crippen molar-refractivity contribution >= 4 is 29.3 Å². The van der Waals surface area contributed by atoms with Crippen LogP contribution in [0.4, 0.5) is 0 Å². The molecule has 1 amide bonds. The van der Waals surface area contributed by atoms with E-state index in [4.69, 9.17) is 16.3 Å². The van der Waals surface area contributed by atoms with Crippen molar-refractivity contribution in [1.29, 1.82) is 0 Å². The van der Waals surface area contributed by atoms with E-state index in [-0.39, 0.29) is 17.2 Å². The molecule has 1 fully saturated rings. The summed E-state index contributed by atoms with van der Waals surface area (Å²) in [4.78, 5) is 12.9. The molecule has 0 saturated heterocycles. The third kappa shape index (κ3) is 5.10. The largest absolute Gasteiger partial charge is 0.497 e. The highest BCUT2D eigenvalue weighted by Crippen LogP contribution is 2.33. The maximum atomic E-state index is 12.9. The summed E-state index contributed by atoms with van der Waals surface area (Å²) in [5, 5.41) is 13.0. The number of nitrogens with one attached hydrogen (secondary N) is 1. The summed E-state index contributed by atoms with van der Waals surface area (Å²) in [6.45, 7) is 1.91. The Morgan fingerprint density at radius 2 is 1.84 bits per heavy atom. The van der Waals surface area contributed by atoms with Gasteiger partial charge in [0.25, 0.3) is 0 Å². The number of nitrogens with zero attached hydrogens (tertiary/aromatic N) is 3. The summed E-state index contributed by atoms with van der Waals surface area (Å²) in [6, 6.07) is 15.5. The Morgan fingerprint density at radius 1 is 1.12 bits per heavy atom. The van der Waals surface area contributed by atoms with E-state index in [1.165, 1.54) is 31.0 Å². The fourth-order valence-corrected chi connectivity index (χ4v) is 5.00. The number of carbonyl (C=O) groups is 1. The van der Waals surface area contributed by atoms with Gasteiger partial charge < -0.3 is 10.1 Å². The Labute approximate surface area is 197 Å². The molecule has 1 heterocycles. The van der Waals surface area contributed by atoms with Gasteiger partial charge in [-0.05, 0) is 56.2 Å². The molecular formula is C24H27ClN4O2S. The average Bonchev–Trinajstić information content (AvgIpc) is 3.23. The van der Waals surface area contributed by atoms with E-state index < -0.39 is 0 Å². The molecule has 0 unspecified atom stereocenters. The van der Waals surface area contributed by atoms with Gasteiger partial charge in [0.15, 0.2) is 11.0 Å². The number of amides is 1. The van der Waals surface area contributed by atoms with Crippen molar-refractivity contribution in [2.75, 3.05) is 7.11 Å². The summed E-state index contributed by atoms with van der Waals surface area (Å²) in [6.07, 6.45) is 5.73. The van der Waals surface area contributed by atoms with Crippen molar-refractivity contribution in [1.82, 2.24) is 20.1 Å². The lowest BCUT2D eigenvalue weighted by Crippen LogP contribution is -2.40. The highest BCUT2D eigenvalue weighted by Gasteiger charge is 2.24. The number of methoxy groups -OCH3 is 1. The average molecular weight is 471 g/mol. The summed E-state index contributed by atoms with van der Waals surface area (Å²) in [7, 11) is 1.64. The zero-order valence-electron chi connectivity index (χ0n) is 18.3. The van der Waals surface area contributed by atoms with Crippen molar-refractivity contribution in [2.45, 2.75) is 55.5 Å². The van der Waals surface area contributed by atoms with Crippen LogP contribution in [-0.2, 0) is 4.79 Å². The maximum Gasteiger partial charge on any atom is 0.233 e. The minimum atomic E-state index is -0.308. The number of ether oxygens (including phenoxy) is 1. The third-order valence-corrected chi connectivity index (χ3v) is 7.05. The first kappa shape index (κ1) is 22.7. The minimum absolute atomic E-state index is 0.0328. The SMILES string of the molecule is COc1ccc(-n2c(S[C@@H](C)C(=O)NC3CCCCC3)nnc2-c2ccccc2Cl)cc1. The number of thioether (sulfide) groups is 1. The number of halogens is 1. The van der Waals surface area contributed by atoms with Gasteiger partial charge in [0.1, 0.15) is 5.75 Å². The maximum absolute atomic E-state index is 12.9. The van der Waals surface area contributed by atoms with Crippen LogP contribution in [0.1, 0.15) is 39.0 Å². The molecule has 1 N–H and O–H groups in total. The van der Waals surface area contributed by atoms with Crippen LogP contribution >= 0.6 is 23.4 Å². The molecule has 6 nitrogen and oxygen atoms in total. The Bertz CT molecular complexity index is 1060. The van der Waals surface area contributed by atoms with Crippen molar-refractivity contribution in [3.05, 3.63) is 53.6 Å². The molecule has 0 spiro atoms. The van der Waals surface area contributed by atoms with E-state index in [9.17, 15) is 4.79 Å². The van der Waals surface area contributed by atoms with Crippen LogP contribution in [-0.4, -0.2) is 39.1 Å². The summed E-state index contributed by atoms with van der Waals surface area (Å²) >= 11 is 7.86. The molecule has 1 aliphatic rings. The Morgan fingerprint density at radius 3 is 2.53 bits per heavy atom. The Kier molecular flexibility index (Phi) is 7.37. The first-order chi connectivity index (χ1) is 15.6. The summed E-state index contributed by atoms with van der Waals surface area (Å²) in [5.74, 6) is 1.42. The fraction of sp³-hybridized carbons (Fsp3) is 0.375. The zero-order valence-corrected chi connectivity index (χ0v) is 19.8. The van der Waals surface area contributed by atoms with Gasteiger partial charge in [0, 0.05) is 17.3 Å². The van der Waals surface area contributed by atoms with E-state index in [0.29, 0.717) is 16.0 Å². The topological polar surface area (TPSA) is 69.0 Å². The summed E-state index contributed by atoms with van der Waals surface area (Å²) < 4.78 is 7.24. The first-order valence-corrected chi connectivity index (χ1v) is 12.1. The van der Waals surface area contributed by atoms with Gasteiger partial charge in [0.05, 0.1) is 17.4 Å². The van der Waals surface area contributed by atoms with Crippen molar-refractivity contribution < 1.29 is 9.53 Å². The van der Waals surface area contributed by atoms with E-state index >= 15 is 0 Å². The molecule has 1 aliphatic carbocycles. The van der Waals surface area contributed by atoms with Gasteiger partial charge in [-0.25, -0.2) is 0 Å². The van der Waals surface area contributed by atoms with Crippen LogP contribution in [0.2, 0.25) is 5.02 Å². The predicted molar refractivity (Wildman–Crippen MR) is 129 cm³/mol. The van der Waals surface area contributed by atoms with Crippen LogP contribution in [0.25, 0.3) is 17.1 Å². The van der Waals surface area contributed by atoms with Gasteiger partial charge >= 0.3 is 0 Å². The molecule has 1 aromatic heterocycles. The molecule has 2 aromatic carbocycles. The highest BCUT2D eigenvalue weighted by atomic mass is 35.5. The molecule has 8 heteroatoms. The molecule has 32 heavy (non-hydrogen) atoms. The van der Waals surface area contributed by atoms with Crippen molar-refractivity contribution in [3.8, 4) is 22.8 Å². The van der Waals surface area contributed by atoms with Gasteiger partial charge in [-0.15, -0.1) is 10.2 Å². The monoisotopic (exact) mass is 470 g/mol. The second kappa shape index (κ2) is 10.4. The molecule has 0 aliphatic heterocycles. The molecule has 1 saturated carbocycles. The van der Waals surface area contributed by atoms with Crippen LogP contribution < -0.4 is 10.1 Å². The number of carbonyl (C=O) groups excluding carboxylic acids is 1. The van der Waals surface area contributed by atoms with Crippen LogP contribution in [0.15, 0.2) is 53.7 Å². The molecule has 4 rings (SSSR count). The number of hydrogen-bond acceptors (Lipinski definition) is 5. The van der Waals surface area contributed by atoms with Crippen LogP contribution in [0, 0.1) is 0 Å². The van der Waals surface area contributed by atoms with Crippen molar-refractivity contribution in [3.63, 3.8) is 0 Å². The second-order valence-corrected chi connectivity index (χ2v) is 9.64. The zero-order chi connectivity index (χ0) is 22.5. The summed E-state index contributed by atoms with van der Waals surface area (Å²) in [5.41, 5.74) is 1.65. The highest BCUT2D eigenvalue weighted by molar-refractivity contribution is 8.00. The van der Waals surface area contributed by atoms with Crippen LogP contribution in [0.3, 0.4) is 0 Å². The van der Waals surface area contributed by atoms with E-state index in [0.717, 1.165) is 29.8 Å². The number of aromatic nitrogens is 3. The molecule has 168 valence electrons. The minimum Gasteiger partial charge on any atom is -0.497 e. The molecule has 0 bridgehead atoms. The molecule has 0 radical (unpaired) electrons. The normalized spacial score (nSPS) is 15.3. The van der Waals surface area contributed by atoms with E-state index in [1.807, 2.05) is 60.0 Å². The van der Waals surface area contributed by atoms with Crippen molar-refractivity contribution in [2.24, 2.45) is 0 Å². The molecular weight excluding hydrogens is 444 g/mol. The lowest BCUT2D eigenvalue weighted by Gasteiger charge is -2.24. The van der Waals surface area contributed by atoms with Gasteiger partial charge in [-0.2, -0.15) is 0 Å². The van der Waals surface area contributed by atoms with E-state index in [2.05, 4.69) is 15.5 Å². The number of rotatable bonds is 7. The Balaban J connectivity index is 1.64. The van der Waals surface area contributed by atoms with Gasteiger partial charge in [-0.1, -0.05) is 54.8 Å². The first-order valence-electron chi connectivity index (χ1n) is 10.9. The number of hydrogen-bond donors (Lipinski definition) is 1. The van der Waals surface area contributed by atoms with Crippen LogP contribution in [0.5, 0.6) is 5.75 Å². The second-order valence-electron chi connectivity index (χ2n) is 7.92. The van der Waals surface area contributed by atoms with Gasteiger partial charge in [0.2, 0.25) is 5.91 Å². The third-order valence-electron chi connectivity index (χ3n) is 5.68. The Hall–Kier alpha value is -2.51. The van der Waals surface area contributed by atoms with Gasteiger partial charge in [-0.3, -0.25) is 9.36 Å². The smallest absolute Gasteiger partial charge is 0.233 e.